The third-order valence-corrected chi connectivity index (χ3v) is 4.12. The first kappa shape index (κ1) is 14.0. The molecule has 0 bridgehead atoms. The van der Waals surface area contributed by atoms with Gasteiger partial charge >= 0.3 is 0 Å². The van der Waals surface area contributed by atoms with Gasteiger partial charge in [0, 0.05) is 16.7 Å². The lowest BCUT2D eigenvalue weighted by Gasteiger charge is -2.10. The second kappa shape index (κ2) is 5.72. The Morgan fingerprint density at radius 2 is 1.84 bits per heavy atom. The normalized spacial score (nSPS) is 12.3. The van der Waals surface area contributed by atoms with Crippen molar-refractivity contribution in [2.24, 2.45) is 0 Å². The van der Waals surface area contributed by atoms with Crippen molar-refractivity contribution in [2.75, 3.05) is 0 Å². The van der Waals surface area contributed by atoms with Crippen molar-refractivity contribution in [3.63, 3.8) is 0 Å². The van der Waals surface area contributed by atoms with E-state index in [1.165, 1.54) is 0 Å². The quantitative estimate of drug-likeness (QED) is 0.916. The van der Waals surface area contributed by atoms with Gasteiger partial charge in [-0.15, -0.1) is 0 Å². The third-order valence-electron chi connectivity index (χ3n) is 2.87. The molecule has 0 aliphatic carbocycles. The van der Waals surface area contributed by atoms with Gasteiger partial charge in [-0.2, -0.15) is 0 Å². The van der Waals surface area contributed by atoms with Crippen molar-refractivity contribution in [1.29, 1.82) is 0 Å². The molecule has 0 spiro atoms. The van der Waals surface area contributed by atoms with Gasteiger partial charge in [0.2, 0.25) is 5.88 Å². The second-order valence-corrected chi connectivity index (χ2v) is 5.37. The molecule has 1 aromatic carbocycles. The molecule has 1 N–H and O–H groups in total. The molecular formula is C15H16BrNO2. The van der Waals surface area contributed by atoms with Gasteiger partial charge in [0.25, 0.3) is 0 Å². The number of hydrogen-bond acceptors (Lipinski definition) is 3. The van der Waals surface area contributed by atoms with E-state index in [0.717, 1.165) is 26.9 Å². The van der Waals surface area contributed by atoms with E-state index in [1.54, 1.807) is 19.2 Å². The fourth-order valence-corrected chi connectivity index (χ4v) is 2.01. The summed E-state index contributed by atoms with van der Waals surface area (Å²) in [6, 6.07) is 7.49. The number of ether oxygens (including phenoxy) is 1. The Bertz CT molecular complexity index is 556. The summed E-state index contributed by atoms with van der Waals surface area (Å²) in [6.45, 7) is 5.75. The summed E-state index contributed by atoms with van der Waals surface area (Å²) in [5.74, 6) is 1.28. The number of rotatable bonds is 3. The van der Waals surface area contributed by atoms with Crippen LogP contribution in [0.5, 0.6) is 11.6 Å². The van der Waals surface area contributed by atoms with Gasteiger partial charge < -0.3 is 9.84 Å². The highest BCUT2D eigenvalue weighted by molar-refractivity contribution is 9.10. The Morgan fingerprint density at radius 1 is 1.21 bits per heavy atom. The molecule has 1 unspecified atom stereocenters. The molecule has 0 aliphatic heterocycles. The maximum Gasteiger partial charge on any atom is 0.219 e. The molecule has 4 heteroatoms. The Morgan fingerprint density at radius 3 is 2.32 bits per heavy atom. The van der Waals surface area contributed by atoms with Crippen LogP contribution in [-0.2, 0) is 0 Å². The zero-order chi connectivity index (χ0) is 14.0. The average Bonchev–Trinajstić information content (AvgIpc) is 2.36. The smallest absolute Gasteiger partial charge is 0.219 e. The number of hydrogen-bond donors (Lipinski definition) is 1. The number of pyridine rings is 1. The molecule has 1 atom stereocenters. The standard InChI is InChI=1S/C15H16BrNO2/c1-9-6-13(7-10(2)15(9)16)19-14-5-4-12(8-17-14)11(3)18/h4-8,11,18H,1-3H3. The lowest BCUT2D eigenvalue weighted by Crippen LogP contribution is -1.94. The molecule has 0 amide bonds. The second-order valence-electron chi connectivity index (χ2n) is 4.58. The Labute approximate surface area is 121 Å². The van der Waals surface area contributed by atoms with Gasteiger partial charge in [-0.25, -0.2) is 4.98 Å². The zero-order valence-electron chi connectivity index (χ0n) is 11.1. The summed E-state index contributed by atoms with van der Waals surface area (Å²) < 4.78 is 6.81. The van der Waals surface area contributed by atoms with Crippen LogP contribution in [0.1, 0.15) is 29.7 Å². The molecule has 0 saturated heterocycles. The van der Waals surface area contributed by atoms with Crippen molar-refractivity contribution in [3.05, 3.63) is 51.6 Å². The molecule has 0 radical (unpaired) electrons. The molecule has 100 valence electrons. The number of halogens is 1. The van der Waals surface area contributed by atoms with Crippen molar-refractivity contribution in [1.82, 2.24) is 4.98 Å². The molecule has 19 heavy (non-hydrogen) atoms. The minimum Gasteiger partial charge on any atom is -0.439 e. The lowest BCUT2D eigenvalue weighted by atomic mass is 10.1. The maximum absolute atomic E-state index is 9.42. The predicted octanol–water partition coefficient (Wildman–Crippen LogP) is 4.31. The van der Waals surface area contributed by atoms with Crippen LogP contribution in [0.4, 0.5) is 0 Å². The highest BCUT2D eigenvalue weighted by atomic mass is 79.9. The molecule has 0 saturated carbocycles. The SMILES string of the molecule is Cc1cc(Oc2ccc(C(C)O)cn2)cc(C)c1Br. The van der Waals surface area contributed by atoms with Crippen LogP contribution in [0.25, 0.3) is 0 Å². The number of aromatic nitrogens is 1. The van der Waals surface area contributed by atoms with E-state index < -0.39 is 6.10 Å². The number of benzene rings is 1. The van der Waals surface area contributed by atoms with Crippen LogP contribution < -0.4 is 4.74 Å². The largest absolute Gasteiger partial charge is 0.439 e. The third kappa shape index (κ3) is 3.33. The van der Waals surface area contributed by atoms with Crippen molar-refractivity contribution in [2.45, 2.75) is 26.9 Å². The predicted molar refractivity (Wildman–Crippen MR) is 78.6 cm³/mol. The van der Waals surface area contributed by atoms with E-state index in [1.807, 2.05) is 32.0 Å². The van der Waals surface area contributed by atoms with Gasteiger partial charge in [-0.3, -0.25) is 0 Å². The van der Waals surface area contributed by atoms with Crippen LogP contribution in [0.3, 0.4) is 0 Å². The van der Waals surface area contributed by atoms with Crippen molar-refractivity contribution >= 4 is 15.9 Å². The van der Waals surface area contributed by atoms with Gasteiger partial charge in [0.15, 0.2) is 0 Å². The Hall–Kier alpha value is -1.39. The minimum absolute atomic E-state index is 0.515. The van der Waals surface area contributed by atoms with Crippen LogP contribution in [0.15, 0.2) is 34.9 Å². The Kier molecular flexibility index (Phi) is 4.22. The zero-order valence-corrected chi connectivity index (χ0v) is 12.7. The number of nitrogens with zero attached hydrogens (tertiary/aromatic N) is 1. The molecule has 0 aliphatic rings. The molecule has 1 aromatic heterocycles. The highest BCUT2D eigenvalue weighted by Gasteiger charge is 2.06. The lowest BCUT2D eigenvalue weighted by molar-refractivity contribution is 0.198. The summed E-state index contributed by atoms with van der Waals surface area (Å²) in [4.78, 5) is 4.18. The Balaban J connectivity index is 2.21. The minimum atomic E-state index is -0.515. The summed E-state index contributed by atoms with van der Waals surface area (Å²) in [5, 5.41) is 9.42. The van der Waals surface area contributed by atoms with Crippen LogP contribution in [0.2, 0.25) is 0 Å². The monoisotopic (exact) mass is 321 g/mol. The molecular weight excluding hydrogens is 306 g/mol. The summed E-state index contributed by atoms with van der Waals surface area (Å²) in [7, 11) is 0. The first-order chi connectivity index (χ1) is 8.97. The van der Waals surface area contributed by atoms with Gasteiger partial charge in [-0.05, 0) is 55.7 Å². The van der Waals surface area contributed by atoms with E-state index in [2.05, 4.69) is 20.9 Å². The summed E-state index contributed by atoms with van der Waals surface area (Å²) in [6.07, 6.45) is 1.11. The van der Waals surface area contributed by atoms with Crippen LogP contribution in [0, 0.1) is 13.8 Å². The topological polar surface area (TPSA) is 42.4 Å². The molecule has 0 fully saturated rings. The van der Waals surface area contributed by atoms with Crippen molar-refractivity contribution < 1.29 is 9.84 Å². The number of aryl methyl sites for hydroxylation is 2. The maximum atomic E-state index is 9.42. The van der Waals surface area contributed by atoms with Crippen LogP contribution in [-0.4, -0.2) is 10.1 Å². The van der Waals surface area contributed by atoms with Gasteiger partial charge in [0.05, 0.1) is 6.10 Å². The molecule has 2 aromatic rings. The molecule has 1 heterocycles. The summed E-state index contributed by atoms with van der Waals surface area (Å²) in [5.41, 5.74) is 3.02. The molecule has 2 rings (SSSR count). The van der Waals surface area contributed by atoms with Gasteiger partial charge in [0.1, 0.15) is 5.75 Å². The van der Waals surface area contributed by atoms with E-state index >= 15 is 0 Å². The number of aliphatic hydroxyl groups excluding tert-OH is 1. The van der Waals surface area contributed by atoms with E-state index in [0.29, 0.717) is 5.88 Å². The van der Waals surface area contributed by atoms with E-state index in [-0.39, 0.29) is 0 Å². The van der Waals surface area contributed by atoms with Gasteiger partial charge in [-0.1, -0.05) is 15.9 Å². The van der Waals surface area contributed by atoms with Crippen molar-refractivity contribution in [3.8, 4) is 11.6 Å². The molecule has 3 nitrogen and oxygen atoms in total. The highest BCUT2D eigenvalue weighted by Crippen LogP contribution is 2.29. The van der Waals surface area contributed by atoms with E-state index in [4.69, 9.17) is 4.74 Å². The first-order valence-corrected chi connectivity index (χ1v) is 6.85. The number of aliphatic hydroxyl groups is 1. The average molecular weight is 322 g/mol. The first-order valence-electron chi connectivity index (χ1n) is 6.06. The fraction of sp³-hybridized carbons (Fsp3) is 0.267. The van der Waals surface area contributed by atoms with Crippen LogP contribution >= 0.6 is 15.9 Å². The van der Waals surface area contributed by atoms with E-state index in [9.17, 15) is 5.11 Å². The fourth-order valence-electron chi connectivity index (χ4n) is 1.79. The summed E-state index contributed by atoms with van der Waals surface area (Å²) >= 11 is 3.53.